The number of sulfone groups is 1. The fraction of sp³-hybridized carbons (Fsp3) is 0.308. The van der Waals surface area contributed by atoms with Crippen LogP contribution in [0.4, 0.5) is 18.9 Å². The van der Waals surface area contributed by atoms with Crippen LogP contribution in [0.2, 0.25) is 5.02 Å². The zero-order valence-electron chi connectivity index (χ0n) is 11.4. The molecule has 0 fully saturated rings. The number of nitrogens with zero attached hydrogens (tertiary/aromatic N) is 1. The molecular weight excluding hydrogens is 341 g/mol. The van der Waals surface area contributed by atoms with E-state index >= 15 is 0 Å². The predicted molar refractivity (Wildman–Crippen MR) is 79.7 cm³/mol. The molecule has 0 saturated carbocycles. The van der Waals surface area contributed by atoms with Crippen LogP contribution in [-0.4, -0.2) is 25.0 Å². The molecule has 0 aliphatic rings. The lowest BCUT2D eigenvalue weighted by atomic mass is 10.1. The minimum absolute atomic E-state index is 0.0249. The van der Waals surface area contributed by atoms with Crippen molar-refractivity contribution in [1.29, 1.82) is 0 Å². The lowest BCUT2D eigenvalue weighted by Gasteiger charge is -2.13. The maximum atomic E-state index is 12.9. The highest BCUT2D eigenvalue weighted by molar-refractivity contribution is 7.91. The number of rotatable bonds is 4. The minimum atomic E-state index is -4.63. The second-order valence-electron chi connectivity index (χ2n) is 4.57. The molecule has 1 aromatic heterocycles. The third-order valence-corrected chi connectivity index (χ3v) is 4.68. The zero-order chi connectivity index (χ0) is 16.5. The summed E-state index contributed by atoms with van der Waals surface area (Å²) in [5.74, 6) is -0.581. The Balaban J connectivity index is 2.56. The number of anilines is 1. The third-order valence-electron chi connectivity index (χ3n) is 2.98. The number of nitrogens with one attached hydrogen (secondary N) is 1. The van der Waals surface area contributed by atoms with Crippen LogP contribution in [0.1, 0.15) is 12.6 Å². The lowest BCUT2D eigenvalue weighted by Crippen LogP contribution is -2.17. The summed E-state index contributed by atoms with van der Waals surface area (Å²) in [4.78, 5) is 3.54. The summed E-state index contributed by atoms with van der Waals surface area (Å²) in [6.07, 6.45) is -4.63. The Labute approximate surface area is 130 Å². The molecule has 1 heterocycles. The van der Waals surface area contributed by atoms with Crippen LogP contribution in [0, 0.1) is 0 Å². The van der Waals surface area contributed by atoms with Gasteiger partial charge in [-0.05, 0) is 24.3 Å². The summed E-state index contributed by atoms with van der Waals surface area (Å²) in [5, 5.41) is 3.17. The summed E-state index contributed by atoms with van der Waals surface area (Å²) < 4.78 is 61.7. The van der Waals surface area contributed by atoms with Crippen LogP contribution < -0.4 is 5.32 Å². The molecule has 0 saturated heterocycles. The van der Waals surface area contributed by atoms with E-state index in [1.807, 2.05) is 0 Å². The fourth-order valence-corrected chi connectivity index (χ4v) is 2.53. The van der Waals surface area contributed by atoms with Crippen LogP contribution in [0.15, 0.2) is 24.3 Å². The monoisotopic (exact) mass is 352 g/mol. The molecular formula is C13H12ClF3N2O2S. The highest BCUT2D eigenvalue weighted by atomic mass is 35.5. The van der Waals surface area contributed by atoms with Crippen molar-refractivity contribution in [1.82, 2.24) is 4.98 Å². The van der Waals surface area contributed by atoms with E-state index in [-0.39, 0.29) is 17.0 Å². The molecule has 0 radical (unpaired) electrons. The second-order valence-corrected chi connectivity index (χ2v) is 7.36. The van der Waals surface area contributed by atoms with E-state index < -0.39 is 27.6 Å². The van der Waals surface area contributed by atoms with Crippen molar-refractivity contribution < 1.29 is 21.6 Å². The van der Waals surface area contributed by atoms with E-state index in [0.29, 0.717) is 10.4 Å². The molecule has 9 heteroatoms. The van der Waals surface area contributed by atoms with Crippen LogP contribution >= 0.6 is 11.6 Å². The van der Waals surface area contributed by atoms with Gasteiger partial charge in [-0.1, -0.05) is 18.5 Å². The van der Waals surface area contributed by atoms with E-state index in [0.717, 1.165) is 6.07 Å². The smallest absolute Gasteiger partial charge is 0.371 e. The van der Waals surface area contributed by atoms with E-state index in [9.17, 15) is 21.6 Å². The summed E-state index contributed by atoms with van der Waals surface area (Å²) >= 11 is 5.84. The van der Waals surface area contributed by atoms with Gasteiger partial charge in [0.1, 0.15) is 11.6 Å². The maximum absolute atomic E-state index is 12.9. The summed E-state index contributed by atoms with van der Waals surface area (Å²) in [6, 6.07) is 4.99. The number of aromatic nitrogens is 1. The van der Waals surface area contributed by atoms with Gasteiger partial charge >= 0.3 is 6.18 Å². The number of pyridine rings is 1. The van der Waals surface area contributed by atoms with Gasteiger partial charge in [-0.25, -0.2) is 13.4 Å². The van der Waals surface area contributed by atoms with Crippen molar-refractivity contribution in [3.63, 3.8) is 0 Å². The van der Waals surface area contributed by atoms with Gasteiger partial charge in [-0.2, -0.15) is 13.2 Å². The number of hydrogen-bond donors (Lipinski definition) is 1. The van der Waals surface area contributed by atoms with Gasteiger partial charge in [0, 0.05) is 21.8 Å². The van der Waals surface area contributed by atoms with Crippen LogP contribution in [0.5, 0.6) is 0 Å². The van der Waals surface area contributed by atoms with Gasteiger partial charge in [0.05, 0.1) is 5.52 Å². The van der Waals surface area contributed by atoms with Gasteiger partial charge in [0.2, 0.25) is 0 Å². The molecule has 4 nitrogen and oxygen atoms in total. The van der Waals surface area contributed by atoms with E-state index in [1.54, 1.807) is 0 Å². The van der Waals surface area contributed by atoms with E-state index in [2.05, 4.69) is 10.3 Å². The van der Waals surface area contributed by atoms with E-state index in [1.165, 1.54) is 25.1 Å². The van der Waals surface area contributed by atoms with Crippen LogP contribution in [0.3, 0.4) is 0 Å². The molecule has 0 bridgehead atoms. The van der Waals surface area contributed by atoms with Crippen LogP contribution in [-0.2, 0) is 16.0 Å². The molecule has 2 rings (SSSR count). The number of fused-ring (bicyclic) bond motifs is 1. The van der Waals surface area contributed by atoms with Gasteiger partial charge < -0.3 is 5.32 Å². The molecule has 120 valence electrons. The number of alkyl halides is 3. The van der Waals surface area contributed by atoms with Gasteiger partial charge in [0.25, 0.3) is 0 Å². The van der Waals surface area contributed by atoms with Crippen molar-refractivity contribution in [2.45, 2.75) is 13.1 Å². The molecule has 0 aliphatic heterocycles. The lowest BCUT2D eigenvalue weighted by molar-refractivity contribution is -0.140. The highest BCUT2D eigenvalue weighted by Crippen LogP contribution is 2.34. The molecule has 0 unspecified atom stereocenters. The van der Waals surface area contributed by atoms with Crippen LogP contribution in [0.25, 0.3) is 10.9 Å². The number of halogens is 4. The van der Waals surface area contributed by atoms with Gasteiger partial charge in [0.15, 0.2) is 9.84 Å². The SMILES string of the molecule is CCS(=O)(=O)CNc1cc(C(F)(F)F)nc2ccc(Cl)cc12. The summed E-state index contributed by atoms with van der Waals surface area (Å²) in [5.41, 5.74) is -0.994. The molecule has 0 aliphatic carbocycles. The normalized spacial score (nSPS) is 12.6. The summed E-state index contributed by atoms with van der Waals surface area (Å²) in [6.45, 7) is 1.46. The first-order valence-electron chi connectivity index (χ1n) is 6.24. The standard InChI is InChI=1S/C13H12ClF3N2O2S/c1-2-22(20,21)7-18-11-6-12(13(15,16)17)19-10-4-3-8(14)5-9(10)11/h3-6H,2,7H2,1H3,(H,18,19). The zero-order valence-corrected chi connectivity index (χ0v) is 13.0. The topological polar surface area (TPSA) is 59.1 Å². The Morgan fingerprint density at radius 3 is 2.55 bits per heavy atom. The Morgan fingerprint density at radius 1 is 1.27 bits per heavy atom. The van der Waals surface area contributed by atoms with Crippen molar-refractivity contribution in [2.24, 2.45) is 0 Å². The molecule has 0 amide bonds. The molecule has 2 aromatic rings. The molecule has 1 N–H and O–H groups in total. The second kappa shape index (κ2) is 5.92. The van der Waals surface area contributed by atoms with Gasteiger partial charge in [-0.3, -0.25) is 0 Å². The Morgan fingerprint density at radius 2 is 1.95 bits per heavy atom. The molecule has 0 spiro atoms. The Hall–Kier alpha value is -1.54. The van der Waals surface area contributed by atoms with Crippen molar-refractivity contribution in [3.8, 4) is 0 Å². The van der Waals surface area contributed by atoms with E-state index in [4.69, 9.17) is 11.6 Å². The summed E-state index contributed by atoms with van der Waals surface area (Å²) in [7, 11) is -3.39. The van der Waals surface area contributed by atoms with Crippen molar-refractivity contribution in [3.05, 3.63) is 35.0 Å². The van der Waals surface area contributed by atoms with Crippen molar-refractivity contribution in [2.75, 3.05) is 16.9 Å². The number of hydrogen-bond acceptors (Lipinski definition) is 4. The largest absolute Gasteiger partial charge is 0.433 e. The average molecular weight is 353 g/mol. The fourth-order valence-electron chi connectivity index (χ4n) is 1.78. The Kier molecular flexibility index (Phi) is 4.53. The first-order chi connectivity index (χ1) is 10.1. The number of benzene rings is 1. The first kappa shape index (κ1) is 16.8. The molecule has 0 atom stereocenters. The Bertz CT molecular complexity index is 807. The highest BCUT2D eigenvalue weighted by Gasteiger charge is 2.33. The average Bonchev–Trinajstić information content (AvgIpc) is 2.43. The van der Waals surface area contributed by atoms with Crippen molar-refractivity contribution >= 4 is 38.0 Å². The quantitative estimate of drug-likeness (QED) is 0.911. The molecule has 22 heavy (non-hydrogen) atoms. The first-order valence-corrected chi connectivity index (χ1v) is 8.44. The maximum Gasteiger partial charge on any atom is 0.433 e. The van der Waals surface area contributed by atoms with Gasteiger partial charge in [-0.15, -0.1) is 0 Å². The predicted octanol–water partition coefficient (Wildman–Crippen LogP) is 3.71. The molecule has 1 aromatic carbocycles. The third kappa shape index (κ3) is 3.80. The minimum Gasteiger partial charge on any atom is -0.371 e.